The lowest BCUT2D eigenvalue weighted by Gasteiger charge is -2.39. The van der Waals surface area contributed by atoms with Gasteiger partial charge in [0.2, 0.25) is 6.79 Å². The lowest BCUT2D eigenvalue weighted by molar-refractivity contribution is -0.137. The third-order valence-corrected chi connectivity index (χ3v) is 6.66. The van der Waals surface area contributed by atoms with Gasteiger partial charge in [0.05, 0.1) is 5.56 Å². The van der Waals surface area contributed by atoms with E-state index in [1.807, 2.05) is 13.8 Å². The maximum Gasteiger partial charge on any atom is 0.416 e. The molecule has 0 saturated carbocycles. The molecule has 5 rings (SSSR count). The number of nitrogens with one attached hydrogen (secondary N) is 2. The molecule has 2 N–H and O–H groups in total. The number of amides is 1. The number of anilines is 1. The average Bonchev–Trinajstić information content (AvgIpc) is 3.24. The number of carbonyl (C=O) groups is 2. The van der Waals surface area contributed by atoms with Gasteiger partial charge in [0.1, 0.15) is 0 Å². The van der Waals surface area contributed by atoms with Crippen LogP contribution in [0.4, 0.5) is 18.9 Å². The van der Waals surface area contributed by atoms with Crippen LogP contribution in [0.25, 0.3) is 0 Å². The van der Waals surface area contributed by atoms with E-state index in [1.54, 1.807) is 25.1 Å². The van der Waals surface area contributed by atoms with Crippen LogP contribution in [0, 0.1) is 5.41 Å². The first-order chi connectivity index (χ1) is 16.9. The molecule has 1 atom stereocenters. The molecule has 2 aliphatic heterocycles. The van der Waals surface area contributed by atoms with E-state index in [9.17, 15) is 22.8 Å². The van der Waals surface area contributed by atoms with Crippen molar-refractivity contribution < 1.29 is 32.2 Å². The first kappa shape index (κ1) is 24.0. The summed E-state index contributed by atoms with van der Waals surface area (Å²) in [5, 5.41) is 5.86. The molecule has 2 aromatic rings. The molecule has 9 heteroatoms. The van der Waals surface area contributed by atoms with Crippen molar-refractivity contribution >= 4 is 17.4 Å². The van der Waals surface area contributed by atoms with E-state index in [-0.39, 0.29) is 29.3 Å². The first-order valence-corrected chi connectivity index (χ1v) is 11.6. The molecule has 188 valence electrons. The minimum atomic E-state index is -4.54. The van der Waals surface area contributed by atoms with Crippen LogP contribution >= 0.6 is 0 Å². The number of hydrogen-bond acceptors (Lipinski definition) is 5. The molecule has 1 unspecified atom stereocenters. The van der Waals surface area contributed by atoms with Gasteiger partial charge in [-0.25, -0.2) is 0 Å². The maximum absolute atomic E-state index is 13.6. The van der Waals surface area contributed by atoms with Gasteiger partial charge in [-0.3, -0.25) is 9.59 Å². The van der Waals surface area contributed by atoms with Crippen LogP contribution in [0.1, 0.15) is 50.7 Å². The molecular weight excluding hydrogens is 473 g/mol. The average molecular weight is 499 g/mol. The number of rotatable bonds is 3. The number of ether oxygens (including phenoxy) is 2. The number of benzene rings is 2. The molecule has 0 aromatic heterocycles. The van der Waals surface area contributed by atoms with E-state index in [1.165, 1.54) is 12.1 Å². The van der Waals surface area contributed by atoms with E-state index >= 15 is 0 Å². The van der Waals surface area contributed by atoms with Gasteiger partial charge in [-0.2, -0.15) is 13.2 Å². The zero-order valence-electron chi connectivity index (χ0n) is 20.0. The van der Waals surface area contributed by atoms with E-state index < -0.39 is 23.6 Å². The number of hydrogen-bond donors (Lipinski definition) is 2. The summed E-state index contributed by atoms with van der Waals surface area (Å²) in [6.45, 7) is 5.84. The van der Waals surface area contributed by atoms with Crippen molar-refractivity contribution in [2.45, 2.75) is 45.7 Å². The summed E-state index contributed by atoms with van der Waals surface area (Å²) in [5.41, 5.74) is 1.60. The molecule has 0 spiro atoms. The molecule has 0 radical (unpaired) electrons. The summed E-state index contributed by atoms with van der Waals surface area (Å²) in [6.07, 6.45) is -3.61. The van der Waals surface area contributed by atoms with E-state index in [0.29, 0.717) is 41.2 Å². The molecule has 1 aliphatic carbocycles. The first-order valence-electron chi connectivity index (χ1n) is 11.6. The maximum atomic E-state index is 13.6. The zero-order valence-corrected chi connectivity index (χ0v) is 20.0. The second-order valence-electron chi connectivity index (χ2n) is 10.1. The van der Waals surface area contributed by atoms with Gasteiger partial charge in [-0.05, 0) is 54.7 Å². The highest BCUT2D eigenvalue weighted by Gasteiger charge is 2.43. The molecule has 0 fully saturated rings. The summed E-state index contributed by atoms with van der Waals surface area (Å²) in [4.78, 5) is 27.0. The fraction of sp³-hybridized carbons (Fsp3) is 0.333. The number of fused-ring (bicyclic) bond motifs is 1. The van der Waals surface area contributed by atoms with Crippen molar-refractivity contribution in [3.63, 3.8) is 0 Å². The van der Waals surface area contributed by atoms with Crippen molar-refractivity contribution in [3.8, 4) is 11.5 Å². The van der Waals surface area contributed by atoms with Crippen LogP contribution in [-0.2, 0) is 15.8 Å². The van der Waals surface area contributed by atoms with Crippen LogP contribution in [0.3, 0.4) is 0 Å². The smallest absolute Gasteiger partial charge is 0.416 e. The summed E-state index contributed by atoms with van der Waals surface area (Å²) in [7, 11) is 0. The largest absolute Gasteiger partial charge is 0.454 e. The van der Waals surface area contributed by atoms with Crippen LogP contribution in [0.2, 0.25) is 0 Å². The Morgan fingerprint density at radius 2 is 1.83 bits per heavy atom. The van der Waals surface area contributed by atoms with E-state index in [2.05, 4.69) is 10.6 Å². The topological polar surface area (TPSA) is 76.7 Å². The highest BCUT2D eigenvalue weighted by molar-refractivity contribution is 6.10. The van der Waals surface area contributed by atoms with Gasteiger partial charge < -0.3 is 20.1 Å². The standard InChI is InChI=1S/C27H25F3N2O4/c1-14-22(25(34)32-17-6-4-5-16(10-17)27(28,29)30)23(15-7-8-20-21(9-15)36-13-35-20)24-18(31-14)11-26(2,3)12-19(24)33/h4-10,23,31H,11-13H2,1-3H3,(H,32,34). The molecule has 36 heavy (non-hydrogen) atoms. The van der Waals surface area contributed by atoms with Crippen molar-refractivity contribution in [2.75, 3.05) is 12.1 Å². The Morgan fingerprint density at radius 1 is 1.08 bits per heavy atom. The fourth-order valence-electron chi connectivity index (χ4n) is 5.13. The highest BCUT2D eigenvalue weighted by Crippen LogP contribution is 2.48. The molecular formula is C27H25F3N2O4. The van der Waals surface area contributed by atoms with Gasteiger partial charge in [-0.15, -0.1) is 0 Å². The summed E-state index contributed by atoms with van der Waals surface area (Å²) < 4.78 is 50.6. The summed E-state index contributed by atoms with van der Waals surface area (Å²) in [6, 6.07) is 9.73. The molecule has 2 heterocycles. The van der Waals surface area contributed by atoms with Gasteiger partial charge in [0.25, 0.3) is 5.91 Å². The van der Waals surface area contributed by atoms with Gasteiger partial charge in [0, 0.05) is 40.6 Å². The molecule has 1 amide bonds. The number of alkyl halides is 3. The molecule has 0 saturated heterocycles. The van der Waals surface area contributed by atoms with Crippen molar-refractivity contribution in [1.29, 1.82) is 0 Å². The van der Waals surface area contributed by atoms with E-state index in [0.717, 1.165) is 17.8 Å². The monoisotopic (exact) mass is 498 g/mol. The van der Waals surface area contributed by atoms with Crippen LogP contribution in [0.15, 0.2) is 65.0 Å². The Hall–Kier alpha value is -3.75. The molecule has 3 aliphatic rings. The fourth-order valence-corrected chi connectivity index (χ4v) is 5.13. The van der Waals surface area contributed by atoms with Crippen LogP contribution in [0.5, 0.6) is 11.5 Å². The number of halogens is 3. The molecule has 6 nitrogen and oxygen atoms in total. The van der Waals surface area contributed by atoms with Crippen LogP contribution < -0.4 is 20.1 Å². The highest BCUT2D eigenvalue weighted by atomic mass is 19.4. The molecule has 0 bridgehead atoms. The number of ketones is 1. The minimum absolute atomic E-state index is 0.00967. The Balaban J connectivity index is 1.58. The summed E-state index contributed by atoms with van der Waals surface area (Å²) >= 11 is 0. The quantitative estimate of drug-likeness (QED) is 0.570. The second kappa shape index (κ2) is 8.43. The third kappa shape index (κ3) is 4.34. The minimum Gasteiger partial charge on any atom is -0.454 e. The van der Waals surface area contributed by atoms with E-state index in [4.69, 9.17) is 9.47 Å². The normalized spacial score (nSPS) is 20.7. The Labute approximate surface area is 206 Å². The third-order valence-electron chi connectivity index (χ3n) is 6.66. The van der Waals surface area contributed by atoms with Crippen molar-refractivity contribution in [3.05, 3.63) is 76.1 Å². The predicted octanol–water partition coefficient (Wildman–Crippen LogP) is 5.68. The second-order valence-corrected chi connectivity index (χ2v) is 10.1. The van der Waals surface area contributed by atoms with Crippen molar-refractivity contribution in [2.24, 2.45) is 5.41 Å². The van der Waals surface area contributed by atoms with Gasteiger partial charge in [0.15, 0.2) is 17.3 Å². The summed E-state index contributed by atoms with van der Waals surface area (Å²) in [5.74, 6) is -0.315. The SMILES string of the molecule is CC1=C(C(=O)Nc2cccc(C(F)(F)F)c2)C(c2ccc3c(c2)OCO3)C2=C(CC(C)(C)CC2=O)N1. The Morgan fingerprint density at radius 3 is 2.58 bits per heavy atom. The number of dihydropyridines is 1. The molecule has 2 aromatic carbocycles. The number of allylic oxidation sites excluding steroid dienone is 3. The number of carbonyl (C=O) groups excluding carboxylic acids is 2. The lowest BCUT2D eigenvalue weighted by atomic mass is 9.68. The number of Topliss-reactive ketones (excluding diaryl/α,β-unsaturated/α-hetero) is 1. The lowest BCUT2D eigenvalue weighted by Crippen LogP contribution is -2.39. The van der Waals surface area contributed by atoms with Crippen molar-refractivity contribution in [1.82, 2.24) is 5.32 Å². The van der Waals surface area contributed by atoms with Gasteiger partial charge >= 0.3 is 6.18 Å². The predicted molar refractivity (Wildman–Crippen MR) is 126 cm³/mol. The van der Waals surface area contributed by atoms with Crippen LogP contribution in [-0.4, -0.2) is 18.5 Å². The Kier molecular flexibility index (Phi) is 5.61. The zero-order chi connectivity index (χ0) is 25.8. The van der Waals surface area contributed by atoms with Gasteiger partial charge in [-0.1, -0.05) is 26.0 Å². The Bertz CT molecular complexity index is 1340.